The fraction of sp³-hybridized carbons (Fsp3) is 0.421. The maximum atomic E-state index is 12.3. The van der Waals surface area contributed by atoms with Crippen molar-refractivity contribution in [3.8, 4) is 11.3 Å². The lowest BCUT2D eigenvalue weighted by Crippen LogP contribution is -2.38. The number of hydrogen-bond acceptors (Lipinski definition) is 5. The van der Waals surface area contributed by atoms with Gasteiger partial charge in [0, 0.05) is 31.6 Å². The van der Waals surface area contributed by atoms with Crippen molar-refractivity contribution in [1.82, 2.24) is 10.1 Å². The SMILES string of the molecule is CC1CCN(C(=O)CCNc2noc(-c3ccccc3)c2C(=O)O)CC1. The van der Waals surface area contributed by atoms with E-state index < -0.39 is 5.97 Å². The van der Waals surface area contributed by atoms with Crippen LogP contribution in [0.3, 0.4) is 0 Å². The van der Waals surface area contributed by atoms with Gasteiger partial charge in [0.2, 0.25) is 5.91 Å². The highest BCUT2D eigenvalue weighted by atomic mass is 16.5. The molecule has 1 aromatic carbocycles. The number of carboxylic acid groups (broad SMARTS) is 1. The molecule has 138 valence electrons. The number of nitrogens with zero attached hydrogens (tertiary/aromatic N) is 2. The largest absolute Gasteiger partial charge is 0.477 e. The van der Waals surface area contributed by atoms with E-state index in [9.17, 15) is 14.7 Å². The Balaban J connectivity index is 1.62. The Bertz CT molecular complexity index is 764. The molecular formula is C19H23N3O4. The molecule has 0 radical (unpaired) electrons. The lowest BCUT2D eigenvalue weighted by molar-refractivity contribution is -0.132. The Labute approximate surface area is 152 Å². The van der Waals surface area contributed by atoms with Gasteiger partial charge in [0.25, 0.3) is 0 Å². The van der Waals surface area contributed by atoms with Crippen LogP contribution in [0.5, 0.6) is 0 Å². The third kappa shape index (κ3) is 4.04. The lowest BCUT2D eigenvalue weighted by atomic mass is 9.99. The number of carbonyl (C=O) groups is 2. The number of hydrogen-bond donors (Lipinski definition) is 2. The second kappa shape index (κ2) is 8.03. The van der Waals surface area contributed by atoms with E-state index >= 15 is 0 Å². The maximum Gasteiger partial charge on any atom is 0.343 e. The molecule has 1 aromatic heterocycles. The van der Waals surface area contributed by atoms with Crippen LogP contribution in [0.4, 0.5) is 5.82 Å². The third-order valence-electron chi connectivity index (χ3n) is 4.71. The van der Waals surface area contributed by atoms with Gasteiger partial charge in [-0.15, -0.1) is 0 Å². The number of piperidine rings is 1. The van der Waals surface area contributed by atoms with Crippen LogP contribution in [0, 0.1) is 5.92 Å². The molecule has 7 nitrogen and oxygen atoms in total. The molecule has 26 heavy (non-hydrogen) atoms. The number of rotatable bonds is 6. The highest BCUT2D eigenvalue weighted by Gasteiger charge is 2.24. The molecule has 0 aliphatic carbocycles. The monoisotopic (exact) mass is 357 g/mol. The Morgan fingerprint density at radius 3 is 2.62 bits per heavy atom. The molecule has 1 fully saturated rings. The van der Waals surface area contributed by atoms with Crippen LogP contribution in [0.15, 0.2) is 34.9 Å². The van der Waals surface area contributed by atoms with E-state index in [1.165, 1.54) is 0 Å². The summed E-state index contributed by atoms with van der Waals surface area (Å²) in [5.41, 5.74) is 0.624. The van der Waals surface area contributed by atoms with Crippen molar-refractivity contribution in [1.29, 1.82) is 0 Å². The normalized spacial score (nSPS) is 15.0. The van der Waals surface area contributed by atoms with Crippen molar-refractivity contribution >= 4 is 17.7 Å². The van der Waals surface area contributed by atoms with Crippen molar-refractivity contribution in [3.63, 3.8) is 0 Å². The number of carbonyl (C=O) groups excluding carboxylic acids is 1. The van der Waals surface area contributed by atoms with Gasteiger partial charge in [-0.05, 0) is 18.8 Å². The van der Waals surface area contributed by atoms with Crippen LogP contribution >= 0.6 is 0 Å². The molecule has 2 aromatic rings. The van der Waals surface area contributed by atoms with E-state index in [4.69, 9.17) is 4.52 Å². The zero-order valence-corrected chi connectivity index (χ0v) is 14.8. The second-order valence-corrected chi connectivity index (χ2v) is 6.65. The molecule has 1 aliphatic heterocycles. The molecule has 7 heteroatoms. The first-order valence-corrected chi connectivity index (χ1v) is 8.86. The molecule has 1 aliphatic rings. The minimum absolute atomic E-state index is 0.0181. The van der Waals surface area contributed by atoms with Crippen LogP contribution in [0.25, 0.3) is 11.3 Å². The summed E-state index contributed by atoms with van der Waals surface area (Å²) < 4.78 is 5.24. The van der Waals surface area contributed by atoms with Gasteiger partial charge in [0.05, 0.1) is 0 Å². The number of amides is 1. The number of likely N-dealkylation sites (tertiary alicyclic amines) is 1. The predicted octanol–water partition coefficient (Wildman–Crippen LogP) is 3.10. The number of carboxylic acids is 1. The summed E-state index contributed by atoms with van der Waals surface area (Å²) in [6.45, 7) is 4.10. The van der Waals surface area contributed by atoms with Crippen molar-refractivity contribution in [2.75, 3.05) is 25.0 Å². The first kappa shape index (κ1) is 18.0. The van der Waals surface area contributed by atoms with E-state index in [1.54, 1.807) is 24.3 Å². The minimum atomic E-state index is -1.12. The molecule has 2 heterocycles. The highest BCUT2D eigenvalue weighted by molar-refractivity contribution is 5.99. The first-order valence-electron chi connectivity index (χ1n) is 8.86. The zero-order chi connectivity index (χ0) is 18.5. The molecular weight excluding hydrogens is 334 g/mol. The smallest absolute Gasteiger partial charge is 0.343 e. The zero-order valence-electron chi connectivity index (χ0n) is 14.8. The summed E-state index contributed by atoms with van der Waals surface area (Å²) >= 11 is 0. The molecule has 0 unspecified atom stereocenters. The van der Waals surface area contributed by atoms with Crippen molar-refractivity contribution < 1.29 is 19.2 Å². The summed E-state index contributed by atoms with van der Waals surface area (Å²) in [6, 6.07) is 8.96. The summed E-state index contributed by atoms with van der Waals surface area (Å²) in [6.07, 6.45) is 2.36. The van der Waals surface area contributed by atoms with Crippen LogP contribution in [-0.2, 0) is 4.79 Å². The number of benzene rings is 1. The van der Waals surface area contributed by atoms with Crippen molar-refractivity contribution in [2.45, 2.75) is 26.2 Å². The number of aromatic nitrogens is 1. The van der Waals surface area contributed by atoms with E-state index in [0.717, 1.165) is 25.9 Å². The Kier molecular flexibility index (Phi) is 5.55. The predicted molar refractivity (Wildman–Crippen MR) is 97.0 cm³/mol. The van der Waals surface area contributed by atoms with Gasteiger partial charge in [0.1, 0.15) is 0 Å². The minimum Gasteiger partial charge on any atom is -0.477 e. The molecule has 0 atom stereocenters. The van der Waals surface area contributed by atoms with Gasteiger partial charge in [-0.2, -0.15) is 0 Å². The van der Waals surface area contributed by atoms with Crippen molar-refractivity contribution in [2.24, 2.45) is 5.92 Å². The quantitative estimate of drug-likeness (QED) is 0.825. The van der Waals surface area contributed by atoms with Crippen molar-refractivity contribution in [3.05, 3.63) is 35.9 Å². The second-order valence-electron chi connectivity index (χ2n) is 6.65. The Morgan fingerprint density at radius 1 is 1.27 bits per heavy atom. The Morgan fingerprint density at radius 2 is 1.96 bits per heavy atom. The molecule has 0 spiro atoms. The summed E-state index contributed by atoms with van der Waals surface area (Å²) in [7, 11) is 0. The molecule has 3 rings (SSSR count). The van der Waals surface area contributed by atoms with Gasteiger partial charge in [-0.1, -0.05) is 42.4 Å². The van der Waals surface area contributed by atoms with E-state index in [0.29, 0.717) is 24.4 Å². The summed E-state index contributed by atoms with van der Waals surface area (Å²) in [4.78, 5) is 25.8. The molecule has 1 saturated heterocycles. The Hall–Kier alpha value is -2.83. The number of anilines is 1. The maximum absolute atomic E-state index is 12.3. The molecule has 0 saturated carbocycles. The average Bonchev–Trinajstić information content (AvgIpc) is 3.07. The van der Waals surface area contributed by atoms with E-state index in [-0.39, 0.29) is 23.0 Å². The van der Waals surface area contributed by atoms with Gasteiger partial charge in [-0.25, -0.2) is 4.79 Å². The van der Waals surface area contributed by atoms with E-state index in [2.05, 4.69) is 17.4 Å². The highest BCUT2D eigenvalue weighted by Crippen LogP contribution is 2.29. The number of nitrogens with one attached hydrogen (secondary N) is 1. The van der Waals surface area contributed by atoms with Crippen LogP contribution < -0.4 is 5.32 Å². The van der Waals surface area contributed by atoms with Crippen LogP contribution in [-0.4, -0.2) is 46.7 Å². The third-order valence-corrected chi connectivity index (χ3v) is 4.71. The van der Waals surface area contributed by atoms with Gasteiger partial charge in [0.15, 0.2) is 17.1 Å². The summed E-state index contributed by atoms with van der Waals surface area (Å²) in [5.74, 6) is -0.0211. The fourth-order valence-corrected chi connectivity index (χ4v) is 3.10. The summed E-state index contributed by atoms with van der Waals surface area (Å²) in [5, 5.41) is 16.3. The van der Waals surface area contributed by atoms with Gasteiger partial charge < -0.3 is 19.8 Å². The molecule has 2 N–H and O–H groups in total. The topological polar surface area (TPSA) is 95.7 Å². The first-order chi connectivity index (χ1) is 12.6. The van der Waals surface area contributed by atoms with Crippen LogP contribution in [0.1, 0.15) is 36.5 Å². The van der Waals surface area contributed by atoms with Crippen LogP contribution in [0.2, 0.25) is 0 Å². The lowest BCUT2D eigenvalue weighted by Gasteiger charge is -2.30. The van der Waals surface area contributed by atoms with Gasteiger partial charge >= 0.3 is 5.97 Å². The molecule has 1 amide bonds. The fourth-order valence-electron chi connectivity index (χ4n) is 3.10. The van der Waals surface area contributed by atoms with Gasteiger partial charge in [-0.3, -0.25) is 4.79 Å². The van der Waals surface area contributed by atoms with E-state index in [1.807, 2.05) is 11.0 Å². The average molecular weight is 357 g/mol. The molecule has 0 bridgehead atoms. The number of aromatic carboxylic acids is 1. The standard InChI is InChI=1S/C19H23N3O4/c1-13-8-11-22(12-9-13)15(23)7-10-20-18-16(19(24)25)17(26-21-18)14-5-3-2-4-6-14/h2-6,13H,7-12H2,1H3,(H,20,21)(H,24,25).